The van der Waals surface area contributed by atoms with Crippen LogP contribution in [0.4, 0.5) is 0 Å². The van der Waals surface area contributed by atoms with Crippen LogP contribution in [0.5, 0.6) is 0 Å². The molecule has 5 heteroatoms. The first kappa shape index (κ1) is 14.6. The van der Waals surface area contributed by atoms with Gasteiger partial charge in [-0.1, -0.05) is 42.5 Å². The van der Waals surface area contributed by atoms with E-state index in [2.05, 4.69) is 35.4 Å². The highest BCUT2D eigenvalue weighted by Crippen LogP contribution is 2.23. The Hall–Kier alpha value is -2.33. The fourth-order valence-corrected chi connectivity index (χ4v) is 2.67. The third-order valence-corrected chi connectivity index (χ3v) is 4.03. The van der Waals surface area contributed by atoms with Crippen molar-refractivity contribution in [3.05, 3.63) is 75.4 Å². The third kappa shape index (κ3) is 2.70. The Labute approximate surface area is 133 Å². The molecule has 1 heterocycles. The summed E-state index contributed by atoms with van der Waals surface area (Å²) < 4.78 is 2.72. The van der Waals surface area contributed by atoms with Gasteiger partial charge in [-0.25, -0.2) is 9.48 Å². The van der Waals surface area contributed by atoms with Gasteiger partial charge in [-0.2, -0.15) is 0 Å². The number of hydrogen-bond acceptors (Lipinski definition) is 2. The zero-order valence-corrected chi connectivity index (χ0v) is 13.2. The minimum Gasteiger partial charge on any atom is -0.261 e. The number of rotatable bonds is 3. The van der Waals surface area contributed by atoms with Crippen LogP contribution in [-0.4, -0.2) is 14.3 Å². The van der Waals surface area contributed by atoms with Crippen LogP contribution in [0.3, 0.4) is 0 Å². The summed E-state index contributed by atoms with van der Waals surface area (Å²) in [6.45, 7) is 2.44. The third-order valence-electron chi connectivity index (χ3n) is 3.75. The van der Waals surface area contributed by atoms with Crippen LogP contribution in [0.1, 0.15) is 11.1 Å². The minimum absolute atomic E-state index is 0.206. The number of benzene rings is 2. The van der Waals surface area contributed by atoms with E-state index in [9.17, 15) is 4.79 Å². The second-order valence-corrected chi connectivity index (χ2v) is 5.61. The second-order valence-electron chi connectivity index (χ2n) is 5.27. The van der Waals surface area contributed by atoms with Crippen LogP contribution >= 0.6 is 11.6 Å². The molecule has 3 aromatic rings. The molecule has 0 N–H and O–H groups in total. The number of halogens is 1. The molecule has 0 radical (unpaired) electrons. The van der Waals surface area contributed by atoms with Gasteiger partial charge in [0.2, 0.25) is 5.28 Å². The zero-order valence-electron chi connectivity index (χ0n) is 12.5. The zero-order chi connectivity index (χ0) is 15.7. The number of aryl methyl sites for hydroxylation is 2. The fourth-order valence-electron chi connectivity index (χ4n) is 2.43. The molecule has 0 bridgehead atoms. The Balaban J connectivity index is 2.02. The molecule has 22 heavy (non-hydrogen) atoms. The molecule has 1 aromatic heterocycles. The molecule has 3 rings (SSSR count). The van der Waals surface area contributed by atoms with Gasteiger partial charge in [0, 0.05) is 7.05 Å². The van der Waals surface area contributed by atoms with Crippen molar-refractivity contribution in [2.45, 2.75) is 13.5 Å². The van der Waals surface area contributed by atoms with Crippen LogP contribution in [0, 0.1) is 6.92 Å². The van der Waals surface area contributed by atoms with Gasteiger partial charge in [-0.05, 0) is 46.8 Å². The fraction of sp³-hybridized carbons (Fsp3) is 0.176. The van der Waals surface area contributed by atoms with E-state index in [1.54, 1.807) is 7.05 Å². The van der Waals surface area contributed by atoms with Crippen molar-refractivity contribution < 1.29 is 0 Å². The van der Waals surface area contributed by atoms with Crippen LogP contribution in [0.25, 0.3) is 11.1 Å². The summed E-state index contributed by atoms with van der Waals surface area (Å²) >= 11 is 6.04. The van der Waals surface area contributed by atoms with E-state index < -0.39 is 0 Å². The molecule has 0 aliphatic carbocycles. The average molecular weight is 314 g/mol. The molecular weight excluding hydrogens is 298 g/mol. The van der Waals surface area contributed by atoms with Gasteiger partial charge >= 0.3 is 5.69 Å². The lowest BCUT2D eigenvalue weighted by molar-refractivity contribution is 0.690. The molecule has 0 atom stereocenters. The van der Waals surface area contributed by atoms with E-state index >= 15 is 0 Å². The smallest absolute Gasteiger partial charge is 0.261 e. The summed E-state index contributed by atoms with van der Waals surface area (Å²) in [4.78, 5) is 12.0. The van der Waals surface area contributed by atoms with Gasteiger partial charge in [0.1, 0.15) is 0 Å². The van der Waals surface area contributed by atoms with Gasteiger partial charge < -0.3 is 0 Å². The highest BCUT2D eigenvalue weighted by atomic mass is 35.5. The quantitative estimate of drug-likeness (QED) is 0.744. The molecule has 112 valence electrons. The van der Waals surface area contributed by atoms with Crippen molar-refractivity contribution in [3.63, 3.8) is 0 Å². The maximum Gasteiger partial charge on any atom is 0.346 e. The summed E-state index contributed by atoms with van der Waals surface area (Å²) in [5.74, 6) is 0. The number of hydrogen-bond donors (Lipinski definition) is 0. The lowest BCUT2D eigenvalue weighted by Crippen LogP contribution is -2.23. The summed E-state index contributed by atoms with van der Waals surface area (Å²) in [5.41, 5.74) is 4.22. The van der Waals surface area contributed by atoms with Gasteiger partial charge in [0.15, 0.2) is 0 Å². The van der Waals surface area contributed by atoms with Crippen LogP contribution in [-0.2, 0) is 13.6 Å². The molecule has 0 amide bonds. The predicted octanol–water partition coefficient (Wildman–Crippen LogP) is 3.26. The summed E-state index contributed by atoms with van der Waals surface area (Å²) in [6.07, 6.45) is 0. The summed E-state index contributed by atoms with van der Waals surface area (Å²) in [5, 5.41) is 4.16. The van der Waals surface area contributed by atoms with Crippen molar-refractivity contribution in [2.24, 2.45) is 7.05 Å². The first-order chi connectivity index (χ1) is 10.6. The van der Waals surface area contributed by atoms with E-state index in [1.807, 2.05) is 25.1 Å². The Kier molecular flexibility index (Phi) is 3.86. The monoisotopic (exact) mass is 313 g/mol. The molecule has 0 aliphatic heterocycles. The van der Waals surface area contributed by atoms with Crippen molar-refractivity contribution >= 4 is 11.6 Å². The molecule has 0 saturated heterocycles. The largest absolute Gasteiger partial charge is 0.346 e. The van der Waals surface area contributed by atoms with Gasteiger partial charge in [-0.15, -0.1) is 5.10 Å². The normalized spacial score (nSPS) is 10.9. The number of aromatic nitrogens is 3. The van der Waals surface area contributed by atoms with Crippen molar-refractivity contribution in [1.82, 2.24) is 14.3 Å². The SMILES string of the molecule is Cc1ccc(-c2ccccc2)cc1Cn1c(Cl)nn(C)c1=O. The van der Waals surface area contributed by atoms with E-state index in [-0.39, 0.29) is 11.0 Å². The Morgan fingerprint density at radius 1 is 1.09 bits per heavy atom. The van der Waals surface area contributed by atoms with Gasteiger partial charge in [0.25, 0.3) is 0 Å². The molecule has 2 aromatic carbocycles. The van der Waals surface area contributed by atoms with Crippen molar-refractivity contribution in [2.75, 3.05) is 0 Å². The van der Waals surface area contributed by atoms with E-state index in [0.717, 1.165) is 22.3 Å². The molecule has 0 unspecified atom stereocenters. The van der Waals surface area contributed by atoms with Crippen LogP contribution < -0.4 is 5.69 Å². The molecule has 0 fully saturated rings. The second kappa shape index (κ2) is 5.81. The molecule has 4 nitrogen and oxygen atoms in total. The number of nitrogens with zero attached hydrogens (tertiary/aromatic N) is 3. The predicted molar refractivity (Wildman–Crippen MR) is 88.2 cm³/mol. The standard InChI is InChI=1S/C17H16ClN3O/c1-12-8-9-14(13-6-4-3-5-7-13)10-15(12)11-21-16(18)19-20(2)17(21)22/h3-10H,11H2,1-2H3. The van der Waals surface area contributed by atoms with Gasteiger partial charge in [0.05, 0.1) is 6.54 Å². The van der Waals surface area contributed by atoms with Gasteiger partial charge in [-0.3, -0.25) is 4.57 Å². The Morgan fingerprint density at radius 2 is 1.82 bits per heavy atom. The average Bonchev–Trinajstić information content (AvgIpc) is 2.76. The first-order valence-electron chi connectivity index (χ1n) is 7.00. The Morgan fingerprint density at radius 3 is 2.45 bits per heavy atom. The molecule has 0 saturated carbocycles. The van der Waals surface area contributed by atoms with E-state index in [0.29, 0.717) is 6.54 Å². The molecule has 0 spiro atoms. The maximum absolute atomic E-state index is 12.0. The minimum atomic E-state index is -0.213. The first-order valence-corrected chi connectivity index (χ1v) is 7.38. The van der Waals surface area contributed by atoms with Crippen molar-refractivity contribution in [3.8, 4) is 11.1 Å². The van der Waals surface area contributed by atoms with Crippen LogP contribution in [0.2, 0.25) is 5.28 Å². The highest BCUT2D eigenvalue weighted by Gasteiger charge is 2.11. The van der Waals surface area contributed by atoms with E-state index in [4.69, 9.17) is 11.6 Å². The maximum atomic E-state index is 12.0. The summed E-state index contributed by atoms with van der Waals surface area (Å²) in [7, 11) is 1.60. The Bertz CT molecular complexity index is 865. The lowest BCUT2D eigenvalue weighted by Gasteiger charge is -2.10. The van der Waals surface area contributed by atoms with Crippen molar-refractivity contribution in [1.29, 1.82) is 0 Å². The summed E-state index contributed by atoms with van der Waals surface area (Å²) in [6, 6.07) is 16.4. The lowest BCUT2D eigenvalue weighted by atomic mass is 10.00. The highest BCUT2D eigenvalue weighted by molar-refractivity contribution is 6.28. The van der Waals surface area contributed by atoms with E-state index in [1.165, 1.54) is 9.25 Å². The molecular formula is C17H16ClN3O. The van der Waals surface area contributed by atoms with Crippen LogP contribution in [0.15, 0.2) is 53.3 Å². The molecule has 0 aliphatic rings. The topological polar surface area (TPSA) is 39.8 Å².